The van der Waals surface area contributed by atoms with Gasteiger partial charge >= 0.3 is 0 Å². The molecule has 3 aromatic rings. The van der Waals surface area contributed by atoms with Gasteiger partial charge < -0.3 is 24.0 Å². The van der Waals surface area contributed by atoms with Crippen molar-refractivity contribution in [3.8, 4) is 0 Å². The minimum absolute atomic E-state index is 0. The molecule has 0 aliphatic rings. The molecule has 0 spiro atoms. The van der Waals surface area contributed by atoms with Crippen LogP contribution in [0.3, 0.4) is 0 Å². The molecule has 3 rings (SSSR count). The number of fused-ring (bicyclic) bond motifs is 2. The minimum Gasteiger partial charge on any atom is -1.00 e. The van der Waals surface area contributed by atoms with Gasteiger partial charge in [-0.15, -0.1) is 0 Å². The number of aromatic nitrogens is 2. The van der Waals surface area contributed by atoms with E-state index in [0.717, 1.165) is 33.6 Å². The van der Waals surface area contributed by atoms with Crippen LogP contribution < -0.4 is 28.5 Å². The Hall–Kier alpha value is -0.940. The molecule has 0 saturated heterocycles. The molecule has 0 atom stereocenters. The third-order valence-corrected chi connectivity index (χ3v) is 3.19. The fourth-order valence-corrected chi connectivity index (χ4v) is 2.36. The lowest BCUT2D eigenvalue weighted by Crippen LogP contribution is -3.00. The van der Waals surface area contributed by atoms with E-state index in [0.29, 0.717) is 0 Å². The average molecular weight is 371 g/mol. The standard InChI is InChI=1S/C14H12ClN2.HI/c1-2-17-13-6-4-3-5-11(13)16-12-8-7-10(15)9-14(12)17;/h3-9H,2H2,1H3;1H/q+1;/p-1. The van der Waals surface area contributed by atoms with Crippen LogP contribution in [0.1, 0.15) is 6.92 Å². The first-order chi connectivity index (χ1) is 8.29. The summed E-state index contributed by atoms with van der Waals surface area (Å²) >= 11 is 6.06. The molecule has 0 radical (unpaired) electrons. The number of para-hydroxylation sites is 2. The molecule has 1 aromatic heterocycles. The molecule has 0 amide bonds. The Labute approximate surface area is 128 Å². The Balaban J connectivity index is 0.00000120. The zero-order valence-electron chi connectivity index (χ0n) is 9.90. The summed E-state index contributed by atoms with van der Waals surface area (Å²) in [6, 6.07) is 14.0. The number of hydrogen-bond donors (Lipinski definition) is 0. The zero-order valence-corrected chi connectivity index (χ0v) is 12.8. The van der Waals surface area contributed by atoms with E-state index < -0.39 is 0 Å². The highest BCUT2D eigenvalue weighted by Gasteiger charge is 2.14. The lowest BCUT2D eigenvalue weighted by Gasteiger charge is -2.03. The van der Waals surface area contributed by atoms with E-state index in [4.69, 9.17) is 11.6 Å². The molecule has 0 aliphatic carbocycles. The number of rotatable bonds is 1. The molecule has 92 valence electrons. The monoisotopic (exact) mass is 370 g/mol. The first kappa shape index (κ1) is 13.5. The van der Waals surface area contributed by atoms with Gasteiger partial charge in [0.05, 0.1) is 0 Å². The lowest BCUT2D eigenvalue weighted by atomic mass is 10.2. The van der Waals surface area contributed by atoms with Crippen LogP contribution in [0.25, 0.3) is 22.1 Å². The van der Waals surface area contributed by atoms with Crippen LogP contribution in [-0.4, -0.2) is 4.98 Å². The molecule has 0 N–H and O–H groups in total. The van der Waals surface area contributed by atoms with Crippen LogP contribution in [-0.2, 0) is 6.54 Å². The SMILES string of the molecule is CC[n+]1c2ccccc2nc2ccc(Cl)cc21.[I-]. The highest BCUT2D eigenvalue weighted by atomic mass is 127. The fourth-order valence-electron chi connectivity index (χ4n) is 2.19. The quantitative estimate of drug-likeness (QED) is 0.343. The van der Waals surface area contributed by atoms with Gasteiger partial charge in [0.2, 0.25) is 11.0 Å². The predicted molar refractivity (Wildman–Crippen MR) is 70.1 cm³/mol. The molecule has 0 aliphatic heterocycles. The van der Waals surface area contributed by atoms with Gasteiger partial charge in [0, 0.05) is 17.2 Å². The minimum atomic E-state index is 0. The maximum Gasteiger partial charge on any atom is 0.233 e. The molecule has 0 bridgehead atoms. The third kappa shape index (κ3) is 2.17. The zero-order chi connectivity index (χ0) is 11.8. The number of hydrogen-bond acceptors (Lipinski definition) is 1. The van der Waals surface area contributed by atoms with Crippen molar-refractivity contribution in [2.75, 3.05) is 0 Å². The van der Waals surface area contributed by atoms with Crippen molar-refractivity contribution < 1.29 is 28.5 Å². The Morgan fingerprint density at radius 3 is 2.56 bits per heavy atom. The third-order valence-electron chi connectivity index (χ3n) is 2.96. The second kappa shape index (κ2) is 5.36. The van der Waals surface area contributed by atoms with Gasteiger partial charge in [-0.2, -0.15) is 4.57 Å². The van der Waals surface area contributed by atoms with E-state index in [-0.39, 0.29) is 24.0 Å². The average Bonchev–Trinajstić information content (AvgIpc) is 2.36. The summed E-state index contributed by atoms with van der Waals surface area (Å²) in [6.07, 6.45) is 0. The van der Waals surface area contributed by atoms with Crippen molar-refractivity contribution in [3.63, 3.8) is 0 Å². The van der Waals surface area contributed by atoms with Crippen molar-refractivity contribution in [2.24, 2.45) is 0 Å². The summed E-state index contributed by atoms with van der Waals surface area (Å²) in [5.74, 6) is 0. The molecule has 0 fully saturated rings. The van der Waals surface area contributed by atoms with E-state index in [1.54, 1.807) is 0 Å². The normalized spacial score (nSPS) is 10.6. The molecule has 2 nitrogen and oxygen atoms in total. The van der Waals surface area contributed by atoms with Crippen LogP contribution in [0.15, 0.2) is 42.5 Å². The number of aryl methyl sites for hydroxylation is 1. The van der Waals surface area contributed by atoms with Crippen molar-refractivity contribution in [3.05, 3.63) is 47.5 Å². The fraction of sp³-hybridized carbons (Fsp3) is 0.143. The summed E-state index contributed by atoms with van der Waals surface area (Å²) in [5.41, 5.74) is 4.22. The second-order valence-electron chi connectivity index (χ2n) is 3.98. The maximum absolute atomic E-state index is 6.06. The van der Waals surface area contributed by atoms with Crippen molar-refractivity contribution >= 4 is 33.7 Å². The van der Waals surface area contributed by atoms with Crippen molar-refractivity contribution in [2.45, 2.75) is 13.5 Å². The van der Waals surface area contributed by atoms with Crippen LogP contribution in [0, 0.1) is 0 Å². The smallest absolute Gasteiger partial charge is 0.233 e. The van der Waals surface area contributed by atoms with E-state index >= 15 is 0 Å². The Kier molecular flexibility index (Phi) is 4.02. The van der Waals surface area contributed by atoms with Gasteiger partial charge in [0.1, 0.15) is 17.6 Å². The van der Waals surface area contributed by atoms with E-state index in [1.165, 1.54) is 0 Å². The molecule has 2 aromatic carbocycles. The topological polar surface area (TPSA) is 16.8 Å². The molecule has 0 saturated carbocycles. The molecular formula is C14H12ClIN2. The molecular weight excluding hydrogens is 359 g/mol. The van der Waals surface area contributed by atoms with Crippen LogP contribution >= 0.6 is 11.6 Å². The van der Waals surface area contributed by atoms with Crippen molar-refractivity contribution in [1.29, 1.82) is 0 Å². The van der Waals surface area contributed by atoms with Gasteiger partial charge in [-0.05, 0) is 25.1 Å². The van der Waals surface area contributed by atoms with Gasteiger partial charge in [-0.3, -0.25) is 0 Å². The number of nitrogens with zero attached hydrogens (tertiary/aromatic N) is 2. The Bertz CT molecular complexity index is 713. The second-order valence-corrected chi connectivity index (χ2v) is 4.41. The largest absolute Gasteiger partial charge is 1.00 e. The van der Waals surface area contributed by atoms with Crippen LogP contribution in [0.2, 0.25) is 5.02 Å². The predicted octanol–water partition coefficient (Wildman–Crippen LogP) is 0.353. The number of halogens is 2. The van der Waals surface area contributed by atoms with Crippen molar-refractivity contribution in [1.82, 2.24) is 4.98 Å². The Morgan fingerprint density at radius 1 is 1.06 bits per heavy atom. The molecule has 1 heterocycles. The van der Waals surface area contributed by atoms with Crippen LogP contribution in [0.5, 0.6) is 0 Å². The van der Waals surface area contributed by atoms with Crippen LogP contribution in [0.4, 0.5) is 0 Å². The summed E-state index contributed by atoms with van der Waals surface area (Å²) in [7, 11) is 0. The molecule has 0 unspecified atom stereocenters. The highest BCUT2D eigenvalue weighted by molar-refractivity contribution is 6.31. The Morgan fingerprint density at radius 2 is 1.78 bits per heavy atom. The summed E-state index contributed by atoms with van der Waals surface area (Å²) in [6.45, 7) is 3.03. The molecule has 18 heavy (non-hydrogen) atoms. The van der Waals surface area contributed by atoms with Gasteiger partial charge in [0.25, 0.3) is 0 Å². The van der Waals surface area contributed by atoms with E-state index in [2.05, 4.69) is 22.5 Å². The summed E-state index contributed by atoms with van der Waals surface area (Å²) in [4.78, 5) is 4.65. The highest BCUT2D eigenvalue weighted by Crippen LogP contribution is 2.18. The first-order valence-corrected chi connectivity index (χ1v) is 6.05. The number of benzene rings is 2. The van der Waals surface area contributed by atoms with E-state index in [9.17, 15) is 0 Å². The molecule has 4 heteroatoms. The van der Waals surface area contributed by atoms with Gasteiger partial charge in [-0.25, -0.2) is 4.98 Å². The van der Waals surface area contributed by atoms with Gasteiger partial charge in [0.15, 0.2) is 0 Å². The summed E-state index contributed by atoms with van der Waals surface area (Å²) in [5, 5.41) is 0.747. The first-order valence-electron chi connectivity index (χ1n) is 5.67. The van der Waals surface area contributed by atoms with Gasteiger partial charge in [-0.1, -0.05) is 23.7 Å². The summed E-state index contributed by atoms with van der Waals surface area (Å²) < 4.78 is 2.24. The lowest BCUT2D eigenvalue weighted by molar-refractivity contribution is -0.641. The van der Waals surface area contributed by atoms with E-state index in [1.807, 2.05) is 36.4 Å². The maximum atomic E-state index is 6.06.